The number of carboxylic acid groups (broad SMARTS) is 6. The van der Waals surface area contributed by atoms with Gasteiger partial charge in [0, 0.05) is 84.2 Å². The highest BCUT2D eigenvalue weighted by molar-refractivity contribution is 5.90. The van der Waals surface area contributed by atoms with Gasteiger partial charge in [-0.15, -0.1) is 0 Å². The summed E-state index contributed by atoms with van der Waals surface area (Å²) in [5.74, 6) is -8.66. The van der Waals surface area contributed by atoms with Crippen molar-refractivity contribution in [1.29, 1.82) is 0 Å². The topological polar surface area (TPSA) is 365 Å². The largest absolute Gasteiger partial charge is 0.481 e. The molecule has 1 saturated heterocycles. The number of hydrogen-bond acceptors (Lipinski definition) is 14. The van der Waals surface area contributed by atoms with Gasteiger partial charge in [-0.3, -0.25) is 53.2 Å². The maximum atomic E-state index is 13.8. The Morgan fingerprint density at radius 3 is 1.53 bits per heavy atom. The molecule has 2 aromatic rings. The molecule has 1 heterocycles. The first kappa shape index (κ1) is 59.6. The van der Waals surface area contributed by atoms with Crippen molar-refractivity contribution >= 4 is 70.3 Å². The average Bonchev–Trinajstić information content (AvgIpc) is 3.34. The van der Waals surface area contributed by atoms with Crippen LogP contribution < -0.4 is 26.6 Å². The molecular weight excluding hydrogens is 971 g/mol. The zero-order chi connectivity index (χ0) is 54.2. The maximum Gasteiger partial charge on any atom is 0.326 e. The van der Waals surface area contributed by atoms with Crippen molar-refractivity contribution < 1.29 is 78.6 Å². The summed E-state index contributed by atoms with van der Waals surface area (Å²) < 4.78 is 0. The molecule has 2 aliphatic rings. The normalized spacial score (nSPS) is 18.8. The molecule has 0 bridgehead atoms. The van der Waals surface area contributed by atoms with Crippen LogP contribution in [0.5, 0.6) is 0 Å². The monoisotopic (exact) mass is 1040 g/mol. The van der Waals surface area contributed by atoms with Crippen LogP contribution in [0.1, 0.15) is 63.4 Å². The minimum absolute atomic E-state index is 0.0283. The molecule has 4 rings (SSSR count). The molecule has 1 aliphatic carbocycles. The van der Waals surface area contributed by atoms with E-state index in [1.54, 1.807) is 14.7 Å². The van der Waals surface area contributed by atoms with Crippen molar-refractivity contribution in [3.05, 3.63) is 48.0 Å². The molecule has 2 fully saturated rings. The lowest BCUT2D eigenvalue weighted by Gasteiger charge is -2.33. The van der Waals surface area contributed by atoms with Crippen LogP contribution >= 0.6 is 0 Å². The number of hydrogen-bond donors (Lipinski definition) is 11. The minimum atomic E-state index is -1.55. The molecule has 0 radical (unpaired) electrons. The average molecular weight is 1040 g/mol. The third-order valence-electron chi connectivity index (χ3n) is 13.1. The van der Waals surface area contributed by atoms with E-state index in [1.807, 2.05) is 47.4 Å². The van der Waals surface area contributed by atoms with Crippen LogP contribution in [-0.4, -0.2) is 220 Å². The second-order valence-corrected chi connectivity index (χ2v) is 18.9. The van der Waals surface area contributed by atoms with E-state index in [0.29, 0.717) is 45.3 Å². The van der Waals surface area contributed by atoms with Gasteiger partial charge in [0.2, 0.25) is 17.7 Å². The van der Waals surface area contributed by atoms with Crippen LogP contribution in [-0.2, 0) is 49.6 Å². The van der Waals surface area contributed by atoms with Crippen LogP contribution in [0, 0.1) is 11.8 Å². The Kier molecular flexibility index (Phi) is 24.9. The van der Waals surface area contributed by atoms with Gasteiger partial charge < -0.3 is 57.2 Å². The van der Waals surface area contributed by atoms with E-state index >= 15 is 0 Å². The van der Waals surface area contributed by atoms with Crippen molar-refractivity contribution in [2.24, 2.45) is 11.8 Å². The Morgan fingerprint density at radius 2 is 1.03 bits per heavy atom. The SMILES string of the molecule is O=C(O)CC[C@H](NC(=O)N[C@@H](CCCCNC(=O)[C@H](Cc1ccc2ccccc2c1)NC(=O)C1CCC(CNC(=O)CN2CCN(CC(=O)O)CCN(CC(=O)O)CCN(CC(=O)O)CC2)CC1)C(=O)O)C(=O)O. The first-order valence-electron chi connectivity index (χ1n) is 24.9. The van der Waals surface area contributed by atoms with Crippen LogP contribution in [0.2, 0.25) is 0 Å². The van der Waals surface area contributed by atoms with Crippen LogP contribution in [0.4, 0.5) is 4.79 Å². The number of urea groups is 1. The fourth-order valence-corrected chi connectivity index (χ4v) is 8.98. The molecule has 1 aliphatic heterocycles. The summed E-state index contributed by atoms with van der Waals surface area (Å²) in [6.07, 6.45) is 1.91. The number of fused-ring (bicyclic) bond motifs is 1. The molecule has 0 unspecified atom stereocenters. The summed E-state index contributed by atoms with van der Waals surface area (Å²) in [6.45, 7) is 1.73. The van der Waals surface area contributed by atoms with Gasteiger partial charge in [0.05, 0.1) is 26.2 Å². The predicted molar refractivity (Wildman–Crippen MR) is 265 cm³/mol. The van der Waals surface area contributed by atoms with Crippen molar-refractivity contribution in [1.82, 2.24) is 46.2 Å². The number of amides is 5. The van der Waals surface area contributed by atoms with Crippen LogP contribution in [0.3, 0.4) is 0 Å². The lowest BCUT2D eigenvalue weighted by Crippen LogP contribution is -2.51. The number of benzene rings is 2. The molecule has 74 heavy (non-hydrogen) atoms. The number of rotatable bonds is 27. The quantitative estimate of drug-likeness (QED) is 0.0508. The zero-order valence-electron chi connectivity index (χ0n) is 41.5. The van der Waals surface area contributed by atoms with Gasteiger partial charge in [-0.05, 0) is 73.6 Å². The molecule has 11 N–H and O–H groups in total. The highest BCUT2D eigenvalue weighted by Crippen LogP contribution is 2.29. The van der Waals surface area contributed by atoms with E-state index < -0.39 is 84.6 Å². The number of nitrogens with one attached hydrogen (secondary N) is 5. The number of carbonyl (C=O) groups is 10. The fourth-order valence-electron chi connectivity index (χ4n) is 8.98. The Hall–Kier alpha value is -6.96. The Bertz CT molecular complexity index is 2230. The molecule has 408 valence electrons. The highest BCUT2D eigenvalue weighted by Gasteiger charge is 2.31. The molecule has 3 atom stereocenters. The minimum Gasteiger partial charge on any atom is -0.481 e. The maximum absolute atomic E-state index is 13.8. The van der Waals surface area contributed by atoms with Gasteiger partial charge in [0.15, 0.2) is 0 Å². The van der Waals surface area contributed by atoms with Crippen LogP contribution in [0.15, 0.2) is 42.5 Å². The third-order valence-corrected chi connectivity index (χ3v) is 13.1. The van der Waals surface area contributed by atoms with Gasteiger partial charge in [-0.2, -0.15) is 0 Å². The van der Waals surface area contributed by atoms with Gasteiger partial charge >= 0.3 is 41.8 Å². The Labute approximate surface area is 428 Å². The molecule has 0 aromatic heterocycles. The Balaban J connectivity index is 1.30. The Morgan fingerprint density at radius 1 is 0.527 bits per heavy atom. The highest BCUT2D eigenvalue weighted by atomic mass is 16.4. The number of unbranched alkanes of at least 4 members (excludes halogenated alkanes) is 1. The second kappa shape index (κ2) is 30.9. The van der Waals surface area contributed by atoms with E-state index in [9.17, 15) is 73.5 Å². The molecule has 5 amide bonds. The van der Waals surface area contributed by atoms with E-state index in [4.69, 9.17) is 5.11 Å². The smallest absolute Gasteiger partial charge is 0.326 e. The summed E-state index contributed by atoms with van der Waals surface area (Å²) in [4.78, 5) is 129. The molecule has 2 aromatic carbocycles. The first-order valence-corrected chi connectivity index (χ1v) is 24.9. The van der Waals surface area contributed by atoms with Gasteiger partial charge in [-0.1, -0.05) is 42.5 Å². The van der Waals surface area contributed by atoms with Crippen LogP contribution in [0.25, 0.3) is 10.8 Å². The molecule has 1 saturated carbocycles. The van der Waals surface area contributed by atoms with Gasteiger partial charge in [-0.25, -0.2) is 14.4 Å². The summed E-state index contributed by atoms with van der Waals surface area (Å²) in [5.41, 5.74) is 0.803. The first-order chi connectivity index (χ1) is 35.2. The lowest BCUT2D eigenvalue weighted by molar-refractivity contribution is -0.141. The van der Waals surface area contributed by atoms with E-state index in [-0.39, 0.29) is 115 Å². The number of aliphatic carboxylic acids is 6. The van der Waals surface area contributed by atoms with Gasteiger partial charge in [0.25, 0.3) is 0 Å². The van der Waals surface area contributed by atoms with Crippen molar-refractivity contribution in [3.8, 4) is 0 Å². The molecular formula is C49H71N9O16. The summed E-state index contributed by atoms with van der Waals surface area (Å²) in [7, 11) is 0. The van der Waals surface area contributed by atoms with Gasteiger partial charge in [0.1, 0.15) is 18.1 Å². The van der Waals surface area contributed by atoms with Crippen molar-refractivity contribution in [2.45, 2.75) is 82.3 Å². The van der Waals surface area contributed by atoms with E-state index in [2.05, 4.69) is 26.6 Å². The van der Waals surface area contributed by atoms with Crippen molar-refractivity contribution in [3.63, 3.8) is 0 Å². The third kappa shape index (κ3) is 22.4. The summed E-state index contributed by atoms with van der Waals surface area (Å²) in [6, 6.07) is 8.44. The zero-order valence-corrected chi connectivity index (χ0v) is 41.5. The number of carbonyl (C=O) groups excluding carboxylic acids is 4. The standard InChI is InChI=1S/C49H71N9O16/c59-40(28-55-17-19-56(29-42(62)63)21-23-58(31-44(66)67)24-22-57(20-18-55)30-43(64)65)51-27-32-8-12-35(13-9-32)45(68)52-39(26-33-10-11-34-5-1-2-6-36(34)25-33)46(69)50-16-4-3-7-37(47(70)71)53-49(74)54-38(48(72)73)14-15-41(60)61/h1-2,5-6,10-11,25,32,35,37-39H,3-4,7-9,12-24,26-31H2,(H,50,69)(H,51,59)(H,52,68)(H,60,61)(H,62,63)(H,64,65)(H,66,67)(H,70,71)(H,72,73)(H2,53,54,74)/t32?,35?,37-,38-,39-/m0/s1. The summed E-state index contributed by atoms with van der Waals surface area (Å²) in [5, 5.41) is 71.4. The molecule has 25 nitrogen and oxygen atoms in total. The summed E-state index contributed by atoms with van der Waals surface area (Å²) >= 11 is 0. The van der Waals surface area contributed by atoms with E-state index in [0.717, 1.165) is 16.3 Å². The lowest BCUT2D eigenvalue weighted by atomic mass is 9.81. The number of carboxylic acids is 6. The van der Waals surface area contributed by atoms with Crippen molar-refractivity contribution in [2.75, 3.05) is 91.6 Å². The number of nitrogens with zero attached hydrogens (tertiary/aromatic N) is 4. The fraction of sp³-hybridized carbons (Fsp3) is 0.592. The molecule has 0 spiro atoms. The predicted octanol–water partition coefficient (Wildman–Crippen LogP) is -0.378. The second-order valence-electron chi connectivity index (χ2n) is 18.9. The molecule has 25 heteroatoms. The van der Waals surface area contributed by atoms with E-state index in [1.165, 1.54) is 0 Å².